The number of anilines is 1. The summed E-state index contributed by atoms with van der Waals surface area (Å²) in [6.07, 6.45) is 4.61. The molecule has 0 bridgehead atoms. The van der Waals surface area contributed by atoms with Crippen LogP contribution in [0.2, 0.25) is 0 Å². The molecule has 1 aliphatic rings. The van der Waals surface area contributed by atoms with Crippen LogP contribution < -0.4 is 4.90 Å². The molecule has 1 fully saturated rings. The largest absolute Gasteiger partial charge is 0.271 e. The molecule has 0 saturated carbocycles. The summed E-state index contributed by atoms with van der Waals surface area (Å²) in [6, 6.07) is 23.4. The number of pyridine rings is 1. The highest BCUT2D eigenvalue weighted by Crippen LogP contribution is 2.36. The highest BCUT2D eigenvalue weighted by Gasteiger charge is 2.34. The number of hydrogen-bond donors (Lipinski definition) is 0. The van der Waals surface area contributed by atoms with Crippen molar-refractivity contribution in [3.05, 3.63) is 95.0 Å². The van der Waals surface area contributed by atoms with Gasteiger partial charge in [0.1, 0.15) is 0 Å². The Morgan fingerprint density at radius 3 is 2.43 bits per heavy atom. The van der Waals surface area contributed by atoms with Crippen molar-refractivity contribution in [3.8, 4) is 0 Å². The quantitative estimate of drug-likeness (QED) is 0.561. The molecule has 3 aromatic rings. The zero-order valence-corrected chi connectivity index (χ0v) is 16.3. The van der Waals surface area contributed by atoms with E-state index in [1.807, 2.05) is 66.7 Å². The Labute approximate surface area is 168 Å². The second-order valence-corrected chi connectivity index (χ2v) is 7.27. The van der Waals surface area contributed by atoms with Gasteiger partial charge in [-0.1, -0.05) is 55.5 Å². The first-order valence-corrected chi connectivity index (χ1v) is 9.94. The van der Waals surface area contributed by atoms with E-state index in [4.69, 9.17) is 0 Å². The van der Waals surface area contributed by atoms with Crippen LogP contribution in [0.25, 0.3) is 6.08 Å². The summed E-state index contributed by atoms with van der Waals surface area (Å²) < 4.78 is 0. The molecule has 5 heteroatoms. The smallest absolute Gasteiger partial charge is 0.268 e. The lowest BCUT2D eigenvalue weighted by atomic mass is 10.1. The molecule has 1 saturated heterocycles. The van der Waals surface area contributed by atoms with Crippen molar-refractivity contribution < 1.29 is 4.79 Å². The van der Waals surface area contributed by atoms with Crippen molar-refractivity contribution >= 4 is 40.4 Å². The molecule has 0 aliphatic carbocycles. The van der Waals surface area contributed by atoms with Gasteiger partial charge in [-0.15, -0.1) is 0 Å². The molecule has 2 aromatic carbocycles. The van der Waals surface area contributed by atoms with Crippen LogP contribution >= 0.6 is 11.8 Å². The summed E-state index contributed by atoms with van der Waals surface area (Å²) >= 11 is 1.37. The summed E-state index contributed by atoms with van der Waals surface area (Å²) in [5, 5.41) is 0.603. The van der Waals surface area contributed by atoms with Crippen LogP contribution in [0.5, 0.6) is 0 Å². The Bertz CT molecular complexity index is 1030. The van der Waals surface area contributed by atoms with Crippen LogP contribution in [0.15, 0.2) is 88.9 Å². The molecule has 2 heterocycles. The van der Waals surface area contributed by atoms with Gasteiger partial charge in [-0.3, -0.25) is 9.69 Å². The van der Waals surface area contributed by atoms with E-state index in [1.165, 1.54) is 17.3 Å². The maximum absolute atomic E-state index is 13.2. The summed E-state index contributed by atoms with van der Waals surface area (Å²) in [5.41, 5.74) is 3.07. The van der Waals surface area contributed by atoms with Crippen molar-refractivity contribution in [2.75, 3.05) is 4.90 Å². The second-order valence-electron chi connectivity index (χ2n) is 6.26. The van der Waals surface area contributed by atoms with E-state index in [1.54, 1.807) is 11.1 Å². The number of rotatable bonds is 4. The minimum Gasteiger partial charge on any atom is -0.268 e. The Kier molecular flexibility index (Phi) is 5.35. The minimum absolute atomic E-state index is 0.0783. The lowest BCUT2D eigenvalue weighted by Crippen LogP contribution is -2.28. The lowest BCUT2D eigenvalue weighted by Gasteiger charge is -2.15. The molecule has 0 atom stereocenters. The number of aliphatic imine (C=N–C) groups is 1. The highest BCUT2D eigenvalue weighted by atomic mass is 32.2. The van der Waals surface area contributed by atoms with Crippen LogP contribution in [0.4, 0.5) is 11.5 Å². The number of para-hydroxylation sites is 1. The third kappa shape index (κ3) is 3.89. The van der Waals surface area contributed by atoms with Crippen LogP contribution in [0.1, 0.15) is 18.1 Å². The minimum atomic E-state index is -0.0783. The number of carbonyl (C=O) groups excluding carboxylic acids is 1. The fourth-order valence-corrected chi connectivity index (χ4v) is 3.86. The Balaban J connectivity index is 1.73. The van der Waals surface area contributed by atoms with Crippen molar-refractivity contribution in [2.24, 2.45) is 4.99 Å². The number of benzene rings is 2. The number of thioether (sulfide) groups is 1. The molecular weight excluding hydrogens is 366 g/mol. The van der Waals surface area contributed by atoms with Crippen molar-refractivity contribution in [1.29, 1.82) is 0 Å². The van der Waals surface area contributed by atoms with E-state index in [2.05, 4.69) is 29.0 Å². The number of carbonyl (C=O) groups is 1. The van der Waals surface area contributed by atoms with Gasteiger partial charge in [-0.2, -0.15) is 0 Å². The van der Waals surface area contributed by atoms with Gasteiger partial charge < -0.3 is 0 Å². The molecule has 0 unspecified atom stereocenters. The highest BCUT2D eigenvalue weighted by molar-refractivity contribution is 8.19. The van der Waals surface area contributed by atoms with Crippen molar-refractivity contribution in [1.82, 2.24) is 4.98 Å². The first kappa shape index (κ1) is 18.2. The van der Waals surface area contributed by atoms with E-state index in [0.29, 0.717) is 15.9 Å². The van der Waals surface area contributed by atoms with Gasteiger partial charge >= 0.3 is 0 Å². The van der Waals surface area contributed by atoms with Crippen LogP contribution in [0.3, 0.4) is 0 Å². The fraction of sp³-hybridized carbons (Fsp3) is 0.0870. The van der Waals surface area contributed by atoms with Gasteiger partial charge in [0.25, 0.3) is 5.91 Å². The lowest BCUT2D eigenvalue weighted by molar-refractivity contribution is -0.113. The van der Waals surface area contributed by atoms with Gasteiger partial charge in [-0.05, 0) is 59.7 Å². The van der Waals surface area contributed by atoms with Crippen LogP contribution in [-0.2, 0) is 11.2 Å². The number of hydrogen-bond acceptors (Lipinski definition) is 4. The standard InChI is InChI=1S/C23H19N3OS/c1-2-17-11-13-18(14-12-17)16-20-22(27)26(19-8-4-3-5-9-19)23(28-20)25-21-10-6-7-15-24-21/h3-16H,2H2,1H3/b20-16-,25-23+. The van der Waals surface area contributed by atoms with Crippen molar-refractivity contribution in [3.63, 3.8) is 0 Å². The average molecular weight is 385 g/mol. The van der Waals surface area contributed by atoms with E-state index in [0.717, 1.165) is 17.7 Å². The number of amides is 1. The normalized spacial score (nSPS) is 16.9. The van der Waals surface area contributed by atoms with Gasteiger partial charge in [0.2, 0.25) is 0 Å². The molecular formula is C23H19N3OS. The van der Waals surface area contributed by atoms with E-state index >= 15 is 0 Å². The predicted octanol–water partition coefficient (Wildman–Crippen LogP) is 5.45. The Hall–Kier alpha value is -3.18. The molecule has 28 heavy (non-hydrogen) atoms. The predicted molar refractivity (Wildman–Crippen MR) is 117 cm³/mol. The Morgan fingerprint density at radius 2 is 1.75 bits per heavy atom. The summed E-state index contributed by atoms with van der Waals surface area (Å²) in [7, 11) is 0. The maximum Gasteiger partial charge on any atom is 0.271 e. The van der Waals surface area contributed by atoms with E-state index in [9.17, 15) is 4.79 Å². The fourth-order valence-electron chi connectivity index (χ4n) is 2.87. The zero-order valence-electron chi connectivity index (χ0n) is 15.4. The topological polar surface area (TPSA) is 45.6 Å². The molecule has 0 N–H and O–H groups in total. The van der Waals surface area contributed by atoms with Crippen LogP contribution in [-0.4, -0.2) is 16.1 Å². The number of nitrogens with zero attached hydrogens (tertiary/aromatic N) is 3. The Morgan fingerprint density at radius 1 is 1.00 bits per heavy atom. The molecule has 1 aromatic heterocycles. The van der Waals surface area contributed by atoms with Crippen molar-refractivity contribution in [2.45, 2.75) is 13.3 Å². The second kappa shape index (κ2) is 8.23. The zero-order chi connectivity index (χ0) is 19.3. The molecule has 1 aliphatic heterocycles. The molecule has 1 amide bonds. The van der Waals surface area contributed by atoms with Gasteiger partial charge in [-0.25, -0.2) is 9.98 Å². The number of aryl methyl sites for hydroxylation is 1. The first-order valence-electron chi connectivity index (χ1n) is 9.12. The molecule has 4 nitrogen and oxygen atoms in total. The summed E-state index contributed by atoms with van der Waals surface area (Å²) in [4.78, 5) is 24.3. The molecule has 4 rings (SSSR count). The molecule has 0 radical (unpaired) electrons. The van der Waals surface area contributed by atoms with E-state index < -0.39 is 0 Å². The van der Waals surface area contributed by atoms with Gasteiger partial charge in [0.15, 0.2) is 11.0 Å². The average Bonchev–Trinajstić information content (AvgIpc) is 3.04. The molecule has 138 valence electrons. The van der Waals surface area contributed by atoms with E-state index in [-0.39, 0.29) is 5.91 Å². The maximum atomic E-state index is 13.2. The summed E-state index contributed by atoms with van der Waals surface area (Å²) in [5.74, 6) is 0.498. The van der Waals surface area contributed by atoms with Gasteiger partial charge in [0, 0.05) is 6.20 Å². The number of amidine groups is 1. The first-order chi connectivity index (χ1) is 13.7. The monoisotopic (exact) mass is 385 g/mol. The third-order valence-electron chi connectivity index (χ3n) is 4.37. The summed E-state index contributed by atoms with van der Waals surface area (Å²) in [6.45, 7) is 2.13. The number of aromatic nitrogens is 1. The molecule has 0 spiro atoms. The SMILES string of the molecule is CCc1ccc(/C=C2\S/C(=N/c3ccccn3)N(c3ccccc3)C2=O)cc1. The van der Waals surface area contributed by atoms with Crippen LogP contribution in [0, 0.1) is 0 Å². The third-order valence-corrected chi connectivity index (χ3v) is 5.33. The van der Waals surface area contributed by atoms with Gasteiger partial charge in [0.05, 0.1) is 10.6 Å².